The molecule has 36 heavy (non-hydrogen) atoms. The predicted molar refractivity (Wildman–Crippen MR) is 143 cm³/mol. The minimum Gasteiger partial charge on any atom is -0.338 e. The second-order valence-corrected chi connectivity index (χ2v) is 10.7. The summed E-state index contributed by atoms with van der Waals surface area (Å²) in [6.07, 6.45) is 6.05. The lowest BCUT2D eigenvalue weighted by atomic mass is 9.89. The second-order valence-electron chi connectivity index (χ2n) is 10.3. The van der Waals surface area contributed by atoms with E-state index in [2.05, 4.69) is 41.3 Å². The van der Waals surface area contributed by atoms with E-state index in [4.69, 9.17) is 26.8 Å². The molecule has 0 spiro atoms. The van der Waals surface area contributed by atoms with E-state index in [1.807, 2.05) is 4.90 Å². The van der Waals surface area contributed by atoms with Crippen LogP contribution in [0.2, 0.25) is 5.02 Å². The number of carbonyl (C=O) groups excluding carboxylic acids is 1. The van der Waals surface area contributed by atoms with Crippen molar-refractivity contribution in [3.8, 4) is 0 Å². The van der Waals surface area contributed by atoms with Crippen LogP contribution in [0.5, 0.6) is 0 Å². The minimum atomic E-state index is 0.0297. The van der Waals surface area contributed by atoms with E-state index in [-0.39, 0.29) is 11.9 Å². The van der Waals surface area contributed by atoms with E-state index < -0.39 is 0 Å². The summed E-state index contributed by atoms with van der Waals surface area (Å²) in [6, 6.07) is 13.5. The molecule has 4 aromatic rings. The van der Waals surface area contributed by atoms with Crippen molar-refractivity contribution in [2.24, 2.45) is 0 Å². The zero-order chi connectivity index (χ0) is 24.8. The average Bonchev–Trinajstić information content (AvgIpc) is 3.34. The Morgan fingerprint density at radius 3 is 2.53 bits per heavy atom. The normalized spacial score (nSPS) is 19.4. The standard InChI is InChI=1S/C28H31ClN6O/c1-18-8-13-24-23(16-18)26-32-31-25(20-6-4-3-5-7-20)35(26)28(30-24)33-14-15-34(19(2)17-33)27(36)21-9-11-22(29)12-10-21/h8-13,16,19-20H,3-7,14-15,17H2,1-2H3. The van der Waals surface area contributed by atoms with Crippen molar-refractivity contribution in [3.63, 3.8) is 0 Å². The van der Waals surface area contributed by atoms with E-state index in [1.54, 1.807) is 24.3 Å². The summed E-state index contributed by atoms with van der Waals surface area (Å²) in [5.41, 5.74) is 3.66. The van der Waals surface area contributed by atoms with E-state index in [9.17, 15) is 4.79 Å². The predicted octanol–water partition coefficient (Wildman–Crippen LogP) is 5.64. The van der Waals surface area contributed by atoms with Gasteiger partial charge in [0, 0.05) is 47.6 Å². The fourth-order valence-electron chi connectivity index (χ4n) is 5.79. The molecule has 1 aliphatic carbocycles. The number of rotatable bonds is 3. The van der Waals surface area contributed by atoms with Crippen LogP contribution in [-0.2, 0) is 0 Å². The molecule has 6 rings (SSSR count). The summed E-state index contributed by atoms with van der Waals surface area (Å²) in [5.74, 6) is 2.36. The molecular weight excluding hydrogens is 472 g/mol. The maximum Gasteiger partial charge on any atom is 0.254 e. The molecule has 1 atom stereocenters. The third-order valence-corrected chi connectivity index (χ3v) is 7.99. The van der Waals surface area contributed by atoms with Gasteiger partial charge in [-0.1, -0.05) is 42.5 Å². The van der Waals surface area contributed by atoms with Crippen molar-refractivity contribution in [2.45, 2.75) is 57.9 Å². The molecule has 1 amide bonds. The number of halogens is 1. The first kappa shape index (κ1) is 23.2. The van der Waals surface area contributed by atoms with Gasteiger partial charge < -0.3 is 9.80 Å². The van der Waals surface area contributed by atoms with Gasteiger partial charge in [0.1, 0.15) is 5.82 Å². The zero-order valence-corrected chi connectivity index (χ0v) is 21.6. The summed E-state index contributed by atoms with van der Waals surface area (Å²) in [6.45, 7) is 6.22. The molecule has 0 bridgehead atoms. The van der Waals surface area contributed by atoms with Crippen LogP contribution in [0, 0.1) is 6.92 Å². The van der Waals surface area contributed by atoms with Crippen LogP contribution in [0.25, 0.3) is 16.6 Å². The Bertz CT molecular complexity index is 1430. The zero-order valence-electron chi connectivity index (χ0n) is 20.8. The Morgan fingerprint density at radius 1 is 1.00 bits per heavy atom. The summed E-state index contributed by atoms with van der Waals surface area (Å²) in [5, 5.41) is 11.1. The van der Waals surface area contributed by atoms with Crippen molar-refractivity contribution in [1.82, 2.24) is 24.5 Å². The Kier molecular flexibility index (Phi) is 6.04. The number of amides is 1. The van der Waals surface area contributed by atoms with Crippen molar-refractivity contribution >= 4 is 40.0 Å². The van der Waals surface area contributed by atoms with Gasteiger partial charge in [0.25, 0.3) is 5.91 Å². The first-order valence-electron chi connectivity index (χ1n) is 13.0. The molecule has 186 valence electrons. The van der Waals surface area contributed by atoms with Crippen LogP contribution in [-0.4, -0.2) is 56.1 Å². The Morgan fingerprint density at radius 2 is 1.78 bits per heavy atom. The van der Waals surface area contributed by atoms with Gasteiger partial charge in [-0.05, 0) is 63.1 Å². The summed E-state index contributed by atoms with van der Waals surface area (Å²) < 4.78 is 2.21. The Balaban J connectivity index is 1.37. The van der Waals surface area contributed by atoms with Gasteiger partial charge in [0.05, 0.1) is 5.52 Å². The summed E-state index contributed by atoms with van der Waals surface area (Å²) in [4.78, 5) is 22.6. The minimum absolute atomic E-state index is 0.0297. The van der Waals surface area contributed by atoms with Crippen LogP contribution in [0.4, 0.5) is 5.95 Å². The quantitative estimate of drug-likeness (QED) is 0.363. The fraction of sp³-hybridized carbons (Fsp3) is 0.429. The molecule has 3 heterocycles. The average molecular weight is 503 g/mol. The van der Waals surface area contributed by atoms with Crippen LogP contribution >= 0.6 is 11.6 Å². The number of carbonyl (C=O) groups is 1. The molecule has 0 radical (unpaired) electrons. The molecular formula is C28H31ClN6O. The van der Waals surface area contributed by atoms with Gasteiger partial charge in [0.15, 0.2) is 5.65 Å². The Labute approximate surface area is 216 Å². The maximum absolute atomic E-state index is 13.2. The summed E-state index contributed by atoms with van der Waals surface area (Å²) >= 11 is 6.02. The lowest BCUT2D eigenvalue weighted by Crippen LogP contribution is -2.54. The van der Waals surface area contributed by atoms with Gasteiger partial charge in [-0.3, -0.25) is 4.79 Å². The van der Waals surface area contributed by atoms with Crippen LogP contribution < -0.4 is 4.90 Å². The van der Waals surface area contributed by atoms with Crippen LogP contribution in [0.3, 0.4) is 0 Å². The van der Waals surface area contributed by atoms with Gasteiger partial charge in [-0.25, -0.2) is 9.38 Å². The molecule has 1 saturated heterocycles. The molecule has 1 saturated carbocycles. The highest BCUT2D eigenvalue weighted by molar-refractivity contribution is 6.30. The number of fused-ring (bicyclic) bond motifs is 3. The van der Waals surface area contributed by atoms with Crippen LogP contribution in [0.15, 0.2) is 42.5 Å². The molecule has 1 aliphatic heterocycles. The van der Waals surface area contributed by atoms with Gasteiger partial charge >= 0.3 is 0 Å². The number of benzene rings is 2. The van der Waals surface area contributed by atoms with Gasteiger partial charge in [-0.15, -0.1) is 10.2 Å². The topological polar surface area (TPSA) is 66.6 Å². The highest BCUT2D eigenvalue weighted by Gasteiger charge is 2.32. The lowest BCUT2D eigenvalue weighted by Gasteiger charge is -2.40. The lowest BCUT2D eigenvalue weighted by molar-refractivity contribution is 0.0673. The number of anilines is 1. The molecule has 2 aromatic heterocycles. The highest BCUT2D eigenvalue weighted by atomic mass is 35.5. The van der Waals surface area contributed by atoms with E-state index in [0.717, 1.165) is 41.2 Å². The highest BCUT2D eigenvalue weighted by Crippen LogP contribution is 2.35. The van der Waals surface area contributed by atoms with E-state index in [0.29, 0.717) is 36.1 Å². The SMILES string of the molecule is Cc1ccc2nc(N3CCN(C(=O)c4ccc(Cl)cc4)C(C)C3)n3c(C4CCCCC4)nnc3c2c1. The molecule has 7 nitrogen and oxygen atoms in total. The van der Waals surface area contributed by atoms with Crippen molar-refractivity contribution in [2.75, 3.05) is 24.5 Å². The van der Waals surface area contributed by atoms with E-state index in [1.165, 1.54) is 24.8 Å². The molecule has 2 aliphatic rings. The van der Waals surface area contributed by atoms with Gasteiger partial charge in [-0.2, -0.15) is 0 Å². The van der Waals surface area contributed by atoms with Crippen molar-refractivity contribution in [3.05, 3.63) is 64.4 Å². The van der Waals surface area contributed by atoms with Gasteiger partial charge in [0.2, 0.25) is 5.95 Å². The number of hydrogen-bond acceptors (Lipinski definition) is 5. The molecule has 8 heteroatoms. The summed E-state index contributed by atoms with van der Waals surface area (Å²) in [7, 11) is 0. The number of aryl methyl sites for hydroxylation is 1. The largest absolute Gasteiger partial charge is 0.338 e. The number of hydrogen-bond donors (Lipinski definition) is 0. The third-order valence-electron chi connectivity index (χ3n) is 7.73. The smallest absolute Gasteiger partial charge is 0.254 e. The molecule has 1 unspecified atom stereocenters. The Hall–Kier alpha value is -3.19. The van der Waals surface area contributed by atoms with Crippen molar-refractivity contribution in [1.29, 1.82) is 0 Å². The first-order valence-corrected chi connectivity index (χ1v) is 13.3. The number of nitrogens with zero attached hydrogens (tertiary/aromatic N) is 6. The first-order chi connectivity index (χ1) is 17.5. The van der Waals surface area contributed by atoms with E-state index >= 15 is 0 Å². The molecule has 0 N–H and O–H groups in total. The van der Waals surface area contributed by atoms with Crippen molar-refractivity contribution < 1.29 is 4.79 Å². The maximum atomic E-state index is 13.2. The number of piperazine rings is 1. The molecule has 2 fully saturated rings. The molecule has 2 aromatic carbocycles. The monoisotopic (exact) mass is 502 g/mol. The second kappa shape index (κ2) is 9.36. The third kappa shape index (κ3) is 4.09. The number of aromatic nitrogens is 4. The fourth-order valence-corrected chi connectivity index (χ4v) is 5.91. The van der Waals surface area contributed by atoms with Crippen LogP contribution in [0.1, 0.15) is 66.7 Å².